The molecule has 1 N–H and O–H groups in total. The molecule has 0 radical (unpaired) electrons. The SMILES string of the molecule is O[C@@H](CSc1nnc(CSc2nc3ccccc3s2)n1-c1ccccc1)c1ccccc1. The topological polar surface area (TPSA) is 63.8 Å². The van der Waals surface area contributed by atoms with E-state index in [-0.39, 0.29) is 0 Å². The van der Waals surface area contributed by atoms with Crippen molar-refractivity contribution in [1.29, 1.82) is 0 Å². The third-order valence-corrected chi connectivity index (χ3v) is 8.05. The van der Waals surface area contributed by atoms with Crippen LogP contribution in [0.4, 0.5) is 0 Å². The van der Waals surface area contributed by atoms with E-state index in [1.54, 1.807) is 23.1 Å². The first-order chi connectivity index (χ1) is 15.8. The summed E-state index contributed by atoms with van der Waals surface area (Å²) in [6, 6.07) is 28.0. The van der Waals surface area contributed by atoms with E-state index < -0.39 is 6.10 Å². The highest BCUT2D eigenvalue weighted by atomic mass is 32.2. The molecular weight excluding hydrogens is 456 g/mol. The standard InChI is InChI=1S/C24H20N4OS3/c29-20(17-9-3-1-4-10-17)15-30-23-27-26-22(28(23)18-11-5-2-6-12-18)16-31-24-25-19-13-7-8-14-21(19)32-24/h1-14,20,29H,15-16H2/t20-/m0/s1. The summed E-state index contributed by atoms with van der Waals surface area (Å²) in [6.07, 6.45) is -0.567. The molecule has 0 unspecified atom stereocenters. The second kappa shape index (κ2) is 9.87. The average Bonchev–Trinajstić information content (AvgIpc) is 3.45. The molecule has 1 atom stereocenters. The summed E-state index contributed by atoms with van der Waals surface area (Å²) in [6.45, 7) is 0. The van der Waals surface area contributed by atoms with Gasteiger partial charge in [0, 0.05) is 11.4 Å². The fourth-order valence-electron chi connectivity index (χ4n) is 3.29. The molecule has 0 saturated carbocycles. The first kappa shape index (κ1) is 21.2. The van der Waals surface area contributed by atoms with E-state index in [1.165, 1.54) is 16.5 Å². The molecule has 0 amide bonds. The van der Waals surface area contributed by atoms with Crippen LogP contribution in [0.2, 0.25) is 0 Å². The van der Waals surface area contributed by atoms with E-state index in [4.69, 9.17) is 4.98 Å². The molecule has 0 spiro atoms. The van der Waals surface area contributed by atoms with E-state index in [9.17, 15) is 5.11 Å². The lowest BCUT2D eigenvalue weighted by atomic mass is 10.1. The van der Waals surface area contributed by atoms with Crippen molar-refractivity contribution in [3.8, 4) is 5.69 Å². The molecule has 0 fully saturated rings. The van der Waals surface area contributed by atoms with Crippen molar-refractivity contribution in [3.63, 3.8) is 0 Å². The van der Waals surface area contributed by atoms with E-state index in [1.807, 2.05) is 78.9 Å². The minimum absolute atomic E-state index is 0.500. The number of thiazole rings is 1. The van der Waals surface area contributed by atoms with E-state index in [0.717, 1.165) is 32.1 Å². The monoisotopic (exact) mass is 476 g/mol. The number of benzene rings is 3. The molecule has 0 saturated heterocycles. The number of hydrogen-bond donors (Lipinski definition) is 1. The Bertz CT molecular complexity index is 1270. The predicted molar refractivity (Wildman–Crippen MR) is 133 cm³/mol. The van der Waals surface area contributed by atoms with Crippen LogP contribution in [0.3, 0.4) is 0 Å². The molecule has 0 bridgehead atoms. The molecule has 0 aliphatic carbocycles. The largest absolute Gasteiger partial charge is 0.388 e. The minimum atomic E-state index is -0.567. The van der Waals surface area contributed by atoms with Crippen molar-refractivity contribution in [2.75, 3.05) is 5.75 Å². The minimum Gasteiger partial charge on any atom is -0.388 e. The summed E-state index contributed by atoms with van der Waals surface area (Å²) in [5.41, 5.74) is 2.93. The van der Waals surface area contributed by atoms with Gasteiger partial charge in [-0.15, -0.1) is 21.5 Å². The van der Waals surface area contributed by atoms with Crippen LogP contribution in [-0.4, -0.2) is 30.6 Å². The van der Waals surface area contributed by atoms with E-state index >= 15 is 0 Å². The summed E-state index contributed by atoms with van der Waals surface area (Å²) in [5.74, 6) is 2.01. The molecular formula is C24H20N4OS3. The molecule has 0 aliphatic heterocycles. The Kier molecular flexibility index (Phi) is 6.54. The van der Waals surface area contributed by atoms with Crippen LogP contribution in [0, 0.1) is 0 Å². The molecule has 2 aromatic heterocycles. The van der Waals surface area contributed by atoms with Gasteiger partial charge in [0.05, 0.1) is 22.1 Å². The van der Waals surface area contributed by atoms with Gasteiger partial charge >= 0.3 is 0 Å². The quantitative estimate of drug-likeness (QED) is 0.277. The van der Waals surface area contributed by atoms with Crippen molar-refractivity contribution in [2.24, 2.45) is 0 Å². The second-order valence-electron chi connectivity index (χ2n) is 7.04. The van der Waals surface area contributed by atoms with Crippen LogP contribution in [0.15, 0.2) is 94.4 Å². The molecule has 3 aromatic carbocycles. The number of nitrogens with zero attached hydrogens (tertiary/aromatic N) is 4. The van der Waals surface area contributed by atoms with Gasteiger partial charge in [-0.25, -0.2) is 4.98 Å². The molecule has 8 heteroatoms. The van der Waals surface area contributed by atoms with Gasteiger partial charge in [0.15, 0.2) is 9.50 Å². The number of fused-ring (bicyclic) bond motifs is 1. The summed E-state index contributed by atoms with van der Waals surface area (Å²) in [5, 5.41) is 20.3. The first-order valence-corrected chi connectivity index (χ1v) is 12.9. The van der Waals surface area contributed by atoms with Crippen LogP contribution < -0.4 is 0 Å². The fourth-order valence-corrected chi connectivity index (χ4v) is 6.21. The molecule has 5 aromatic rings. The zero-order chi connectivity index (χ0) is 21.8. The third kappa shape index (κ3) is 4.73. The highest BCUT2D eigenvalue weighted by Gasteiger charge is 2.17. The molecule has 32 heavy (non-hydrogen) atoms. The number of rotatable bonds is 8. The van der Waals surface area contributed by atoms with Gasteiger partial charge in [0.1, 0.15) is 5.82 Å². The van der Waals surface area contributed by atoms with Crippen LogP contribution in [0.5, 0.6) is 0 Å². The van der Waals surface area contributed by atoms with Gasteiger partial charge in [-0.2, -0.15) is 0 Å². The Morgan fingerprint density at radius 3 is 2.34 bits per heavy atom. The molecule has 160 valence electrons. The lowest BCUT2D eigenvalue weighted by Gasteiger charge is -2.12. The summed E-state index contributed by atoms with van der Waals surface area (Å²) >= 11 is 4.87. The van der Waals surface area contributed by atoms with E-state index in [0.29, 0.717) is 11.5 Å². The fraction of sp³-hybridized carbons (Fsp3) is 0.125. The Labute approximate surface area is 198 Å². The third-order valence-electron chi connectivity index (χ3n) is 4.87. The van der Waals surface area contributed by atoms with Gasteiger partial charge in [-0.05, 0) is 29.8 Å². The number of hydrogen-bond acceptors (Lipinski definition) is 7. The Morgan fingerprint density at radius 1 is 0.844 bits per heavy atom. The maximum absolute atomic E-state index is 10.6. The number of aromatic nitrogens is 4. The highest BCUT2D eigenvalue weighted by Crippen LogP contribution is 2.33. The van der Waals surface area contributed by atoms with Crippen molar-refractivity contribution >= 4 is 45.1 Å². The van der Waals surface area contributed by atoms with Crippen LogP contribution in [0.25, 0.3) is 15.9 Å². The average molecular weight is 477 g/mol. The van der Waals surface area contributed by atoms with Gasteiger partial charge in [0.25, 0.3) is 0 Å². The van der Waals surface area contributed by atoms with Crippen molar-refractivity contribution in [2.45, 2.75) is 21.4 Å². The van der Waals surface area contributed by atoms with Gasteiger partial charge < -0.3 is 5.11 Å². The second-order valence-corrected chi connectivity index (χ2v) is 10.3. The Balaban J connectivity index is 1.37. The van der Waals surface area contributed by atoms with Crippen LogP contribution in [-0.2, 0) is 5.75 Å². The van der Waals surface area contributed by atoms with Gasteiger partial charge in [-0.3, -0.25) is 4.57 Å². The summed E-state index contributed by atoms with van der Waals surface area (Å²) in [4.78, 5) is 4.72. The van der Waals surface area contributed by atoms with Crippen molar-refractivity contribution in [3.05, 3.63) is 96.3 Å². The van der Waals surface area contributed by atoms with Crippen molar-refractivity contribution < 1.29 is 5.11 Å². The smallest absolute Gasteiger partial charge is 0.195 e. The zero-order valence-corrected chi connectivity index (χ0v) is 19.5. The van der Waals surface area contributed by atoms with Gasteiger partial charge in [-0.1, -0.05) is 84.2 Å². The molecule has 0 aliphatic rings. The highest BCUT2D eigenvalue weighted by molar-refractivity contribution is 8.00. The van der Waals surface area contributed by atoms with Gasteiger partial charge in [0.2, 0.25) is 0 Å². The molecule has 5 rings (SSSR count). The van der Waals surface area contributed by atoms with Crippen molar-refractivity contribution in [1.82, 2.24) is 19.7 Å². The van der Waals surface area contributed by atoms with E-state index in [2.05, 4.69) is 20.8 Å². The summed E-state index contributed by atoms with van der Waals surface area (Å²) < 4.78 is 4.27. The normalized spacial score (nSPS) is 12.3. The maximum atomic E-state index is 10.6. The molecule has 5 nitrogen and oxygen atoms in total. The number of thioether (sulfide) groups is 2. The van der Waals surface area contributed by atoms with Crippen LogP contribution in [0.1, 0.15) is 17.5 Å². The molecule has 2 heterocycles. The summed E-state index contributed by atoms with van der Waals surface area (Å²) in [7, 11) is 0. The zero-order valence-electron chi connectivity index (χ0n) is 17.0. The number of aliphatic hydroxyl groups is 1. The lowest BCUT2D eigenvalue weighted by Crippen LogP contribution is -2.04. The number of para-hydroxylation sites is 2. The first-order valence-electron chi connectivity index (χ1n) is 10.1. The van der Waals surface area contributed by atoms with Crippen LogP contribution >= 0.6 is 34.9 Å². The Hall–Kier alpha value is -2.65. The number of aliphatic hydroxyl groups excluding tert-OH is 1. The Morgan fingerprint density at radius 2 is 1.56 bits per heavy atom. The lowest BCUT2D eigenvalue weighted by molar-refractivity contribution is 0.204. The maximum Gasteiger partial charge on any atom is 0.195 e. The predicted octanol–water partition coefficient (Wildman–Crippen LogP) is 6.00.